The molecule has 0 aliphatic carbocycles. The average Bonchev–Trinajstić information content (AvgIpc) is 3.00. The maximum atomic E-state index is 12.3. The summed E-state index contributed by atoms with van der Waals surface area (Å²) >= 11 is 0. The maximum absolute atomic E-state index is 12.3. The van der Waals surface area contributed by atoms with Gasteiger partial charge in [0.05, 0.1) is 18.0 Å². The number of amides is 1. The molecule has 0 bridgehead atoms. The normalized spacial score (nSPS) is 15.7. The van der Waals surface area contributed by atoms with Crippen LogP contribution in [0.15, 0.2) is 54.6 Å². The van der Waals surface area contributed by atoms with Gasteiger partial charge in [0.1, 0.15) is 0 Å². The first-order valence-corrected chi connectivity index (χ1v) is 10.3. The molecule has 0 saturated carbocycles. The average molecular weight is 373 g/mol. The fourth-order valence-electron chi connectivity index (χ4n) is 3.04. The third-order valence-electron chi connectivity index (χ3n) is 4.38. The highest BCUT2D eigenvalue weighted by Crippen LogP contribution is 2.25. The lowest BCUT2D eigenvalue weighted by atomic mass is 10.2. The van der Waals surface area contributed by atoms with Gasteiger partial charge in [0.15, 0.2) is 0 Å². The highest BCUT2D eigenvalue weighted by atomic mass is 32.2. The molecule has 2 aromatic rings. The van der Waals surface area contributed by atoms with E-state index in [0.29, 0.717) is 24.3 Å². The molecule has 0 unspecified atom stereocenters. The fraction of sp³-hybridized carbons (Fsp3) is 0.316. The Balaban J connectivity index is 1.63. The molecule has 26 heavy (non-hydrogen) atoms. The van der Waals surface area contributed by atoms with Crippen LogP contribution >= 0.6 is 0 Å². The Labute approximate surface area is 154 Å². The molecule has 1 aliphatic heterocycles. The molecular formula is C19H23N3O3S. The molecule has 138 valence electrons. The Morgan fingerprint density at radius 1 is 1.12 bits per heavy atom. The van der Waals surface area contributed by atoms with E-state index in [1.165, 1.54) is 4.31 Å². The second-order valence-electron chi connectivity index (χ2n) is 6.19. The van der Waals surface area contributed by atoms with Crippen LogP contribution in [0.3, 0.4) is 0 Å². The molecule has 1 aliphatic rings. The van der Waals surface area contributed by atoms with Crippen LogP contribution < -0.4 is 14.5 Å². The van der Waals surface area contributed by atoms with Crippen molar-refractivity contribution in [2.75, 3.05) is 39.9 Å². The number of para-hydroxylation sites is 1. The molecule has 1 N–H and O–H groups in total. The van der Waals surface area contributed by atoms with Crippen molar-refractivity contribution in [3.63, 3.8) is 0 Å². The molecular weight excluding hydrogens is 350 g/mol. The second kappa shape index (κ2) is 7.78. The predicted octanol–water partition coefficient (Wildman–Crippen LogP) is 2.69. The Bertz CT molecular complexity index is 851. The molecule has 1 saturated heterocycles. The molecule has 6 nitrogen and oxygen atoms in total. The standard InChI is InChI=1S/C19H23N3O3S/c1-2-21(17-7-4-3-5-8-17)15-19(23)20-16-9-11-18(12-10-16)22-13-6-14-26(22,24)25/h3-5,7-12H,2,6,13-15H2,1H3,(H,20,23). The number of carbonyl (C=O) groups is 1. The number of hydrogen-bond donors (Lipinski definition) is 1. The molecule has 0 aromatic heterocycles. The number of nitrogens with zero attached hydrogens (tertiary/aromatic N) is 2. The minimum absolute atomic E-state index is 0.114. The first kappa shape index (κ1) is 18.3. The topological polar surface area (TPSA) is 69.7 Å². The Morgan fingerprint density at radius 3 is 2.38 bits per heavy atom. The van der Waals surface area contributed by atoms with E-state index < -0.39 is 10.0 Å². The van der Waals surface area contributed by atoms with Crippen molar-refractivity contribution in [2.24, 2.45) is 0 Å². The van der Waals surface area contributed by atoms with E-state index in [-0.39, 0.29) is 18.2 Å². The van der Waals surface area contributed by atoms with Crippen LogP contribution in [0.2, 0.25) is 0 Å². The number of anilines is 3. The summed E-state index contributed by atoms with van der Waals surface area (Å²) in [5.41, 5.74) is 2.29. The molecule has 3 rings (SSSR count). The summed E-state index contributed by atoms with van der Waals surface area (Å²) in [5.74, 6) is 0.0786. The van der Waals surface area contributed by atoms with Gasteiger partial charge in [0, 0.05) is 24.5 Å². The van der Waals surface area contributed by atoms with Gasteiger partial charge in [-0.05, 0) is 49.7 Å². The summed E-state index contributed by atoms with van der Waals surface area (Å²) in [6.45, 7) is 3.49. The molecule has 0 atom stereocenters. The largest absolute Gasteiger partial charge is 0.362 e. The number of carbonyl (C=O) groups excluding carboxylic acids is 1. The Kier molecular flexibility index (Phi) is 5.46. The van der Waals surface area contributed by atoms with Crippen molar-refractivity contribution in [2.45, 2.75) is 13.3 Å². The highest BCUT2D eigenvalue weighted by molar-refractivity contribution is 7.93. The van der Waals surface area contributed by atoms with Crippen molar-refractivity contribution in [1.82, 2.24) is 0 Å². The summed E-state index contributed by atoms with van der Waals surface area (Å²) in [7, 11) is -3.19. The number of hydrogen-bond acceptors (Lipinski definition) is 4. The third kappa shape index (κ3) is 4.16. The fourth-order valence-corrected chi connectivity index (χ4v) is 4.60. The molecule has 0 radical (unpaired) electrons. The van der Waals surface area contributed by atoms with Crippen LogP contribution in [0, 0.1) is 0 Å². The van der Waals surface area contributed by atoms with E-state index in [1.807, 2.05) is 42.2 Å². The summed E-state index contributed by atoms with van der Waals surface area (Å²) in [4.78, 5) is 14.3. The lowest BCUT2D eigenvalue weighted by Crippen LogP contribution is -2.33. The molecule has 1 amide bonds. The number of sulfonamides is 1. The first-order valence-electron chi connectivity index (χ1n) is 8.70. The van der Waals surface area contributed by atoms with Crippen LogP contribution in [0.4, 0.5) is 17.1 Å². The zero-order valence-corrected chi connectivity index (χ0v) is 15.6. The van der Waals surface area contributed by atoms with Gasteiger partial charge in [-0.3, -0.25) is 9.10 Å². The van der Waals surface area contributed by atoms with Gasteiger partial charge in [0.2, 0.25) is 15.9 Å². The number of likely N-dealkylation sites (N-methyl/N-ethyl adjacent to an activating group) is 1. The molecule has 2 aromatic carbocycles. The van der Waals surface area contributed by atoms with Crippen LogP contribution in [-0.4, -0.2) is 39.7 Å². The van der Waals surface area contributed by atoms with Crippen LogP contribution in [0.25, 0.3) is 0 Å². The highest BCUT2D eigenvalue weighted by Gasteiger charge is 2.28. The predicted molar refractivity (Wildman–Crippen MR) is 105 cm³/mol. The van der Waals surface area contributed by atoms with Gasteiger partial charge in [0.25, 0.3) is 0 Å². The monoisotopic (exact) mass is 373 g/mol. The summed E-state index contributed by atoms with van der Waals surface area (Å²) < 4.78 is 25.4. The van der Waals surface area contributed by atoms with Crippen molar-refractivity contribution in [1.29, 1.82) is 0 Å². The van der Waals surface area contributed by atoms with E-state index in [2.05, 4.69) is 5.32 Å². The zero-order chi connectivity index (χ0) is 18.6. The van der Waals surface area contributed by atoms with E-state index in [4.69, 9.17) is 0 Å². The van der Waals surface area contributed by atoms with Gasteiger partial charge < -0.3 is 10.2 Å². The van der Waals surface area contributed by atoms with Crippen molar-refractivity contribution >= 4 is 33.0 Å². The maximum Gasteiger partial charge on any atom is 0.243 e. The summed E-state index contributed by atoms with van der Waals surface area (Å²) in [6, 6.07) is 16.7. The van der Waals surface area contributed by atoms with E-state index >= 15 is 0 Å². The van der Waals surface area contributed by atoms with Crippen molar-refractivity contribution < 1.29 is 13.2 Å². The quantitative estimate of drug-likeness (QED) is 0.845. The van der Waals surface area contributed by atoms with Gasteiger partial charge in [-0.1, -0.05) is 18.2 Å². The Hall–Kier alpha value is -2.54. The third-order valence-corrected chi connectivity index (χ3v) is 6.25. The lowest BCUT2D eigenvalue weighted by molar-refractivity contribution is -0.115. The number of rotatable bonds is 6. The molecule has 1 fully saturated rings. The SMILES string of the molecule is CCN(CC(=O)Nc1ccc(N2CCCS2(=O)=O)cc1)c1ccccc1. The van der Waals surface area contributed by atoms with Gasteiger partial charge in [-0.25, -0.2) is 8.42 Å². The minimum atomic E-state index is -3.19. The summed E-state index contributed by atoms with van der Waals surface area (Å²) in [6.07, 6.45) is 0.646. The molecule has 1 heterocycles. The first-order chi connectivity index (χ1) is 12.5. The van der Waals surface area contributed by atoms with Gasteiger partial charge in [-0.2, -0.15) is 0 Å². The van der Waals surface area contributed by atoms with Crippen LogP contribution in [0.5, 0.6) is 0 Å². The Morgan fingerprint density at radius 2 is 1.81 bits per heavy atom. The minimum Gasteiger partial charge on any atom is -0.362 e. The zero-order valence-electron chi connectivity index (χ0n) is 14.8. The van der Waals surface area contributed by atoms with E-state index in [0.717, 1.165) is 12.2 Å². The number of benzene rings is 2. The molecule has 0 spiro atoms. The van der Waals surface area contributed by atoms with Gasteiger partial charge >= 0.3 is 0 Å². The van der Waals surface area contributed by atoms with Crippen LogP contribution in [0.1, 0.15) is 13.3 Å². The van der Waals surface area contributed by atoms with Crippen molar-refractivity contribution in [3.8, 4) is 0 Å². The van der Waals surface area contributed by atoms with Crippen molar-refractivity contribution in [3.05, 3.63) is 54.6 Å². The van der Waals surface area contributed by atoms with E-state index in [1.54, 1.807) is 24.3 Å². The smallest absolute Gasteiger partial charge is 0.243 e. The second-order valence-corrected chi connectivity index (χ2v) is 8.20. The number of nitrogens with one attached hydrogen (secondary N) is 1. The van der Waals surface area contributed by atoms with Crippen LogP contribution in [-0.2, 0) is 14.8 Å². The van der Waals surface area contributed by atoms with Gasteiger partial charge in [-0.15, -0.1) is 0 Å². The lowest BCUT2D eigenvalue weighted by Gasteiger charge is -2.22. The van der Waals surface area contributed by atoms with E-state index in [9.17, 15) is 13.2 Å². The summed E-state index contributed by atoms with van der Waals surface area (Å²) in [5, 5.41) is 2.87. The molecule has 7 heteroatoms.